The Balaban J connectivity index is 1.79. The molecule has 35 heteroatoms. The molecule has 2 atom stereocenters. The van der Waals surface area contributed by atoms with Gasteiger partial charge in [-0.1, -0.05) is 35.9 Å². The van der Waals surface area contributed by atoms with Gasteiger partial charge in [-0.05, 0) is 237 Å². The molecule has 1 heterocycles. The minimum absolute atomic E-state index is 0.0907. The fourth-order valence-electron chi connectivity index (χ4n) is 9.45. The number of carbonyl (C=O) groups is 9. The summed E-state index contributed by atoms with van der Waals surface area (Å²) in [5.41, 5.74) is 13.1. The smallest absolute Gasteiger partial charge is 0.414 e. The van der Waals surface area contributed by atoms with Gasteiger partial charge in [0.05, 0.1) is 0 Å². The van der Waals surface area contributed by atoms with Gasteiger partial charge in [-0.3, -0.25) is 60.8 Å². The van der Waals surface area contributed by atoms with Crippen molar-refractivity contribution in [2.24, 2.45) is 20.7 Å². The third kappa shape index (κ3) is 42.3. The summed E-state index contributed by atoms with van der Waals surface area (Å²) in [5, 5.41) is 25.4. The fourth-order valence-corrected chi connectivity index (χ4v) is 9.57. The molecule has 1 aromatic heterocycles. The molecule has 0 saturated carbocycles. The number of aliphatic imine (C=N–C) groups is 3. The highest BCUT2D eigenvalue weighted by Gasteiger charge is 2.29. The van der Waals surface area contributed by atoms with Crippen molar-refractivity contribution in [2.45, 2.75) is 241 Å². The van der Waals surface area contributed by atoms with Crippen molar-refractivity contribution in [3.63, 3.8) is 0 Å². The monoisotopic (exact) mass is 1520 g/mol. The molecule has 34 nitrogen and oxygen atoms in total. The van der Waals surface area contributed by atoms with Gasteiger partial charge in [0, 0.05) is 39.3 Å². The number of nitrogen functional groups attached to an aromatic ring is 2. The Morgan fingerprint density at radius 3 is 1.29 bits per heavy atom. The Labute approximate surface area is 633 Å². The van der Waals surface area contributed by atoms with Gasteiger partial charge in [0.15, 0.2) is 28.4 Å². The molecule has 0 radical (unpaired) electrons. The number of nitrogens with two attached hydrogens (primary N) is 3. The standard InChI is InChI=1S/C72H117ClN18O16/c1-67(2,3)102-61(95)82-49(28-20-23-35-80-59(87-63(97)104-69(7,8)9)88-64(98)105-70(10,11)12)55(92)77-37-25-39-91(41-42-101-48-33-32-46-43-45(30-31-47(46)44-48)27-19-22-34-79-58(76)86-57(94)51-53(74)85-54(75)52(73)84-51)40-26-38-78-56(93)50(83-62(96)103-68(4,5)6)29-21-24-36-81-60(89-65(99)106-71(13,14)15)90-66(100)107-72(16,17)18/h30-33,43-44,49-50H,19-29,34-42H2,1-18H3,(H,77,92)(H,78,93)(H,82,95)(H,83,96)(H4,74,75,85)(H3,76,79,86,94)(H2,80,87,88,97,98)(H2,81,89,90,99,100)/t49-,50-/m1/s1. The van der Waals surface area contributed by atoms with E-state index in [0.29, 0.717) is 76.9 Å². The number of halogens is 1. The number of amides is 9. The van der Waals surface area contributed by atoms with Crippen LogP contribution < -0.4 is 69.8 Å². The highest BCUT2D eigenvalue weighted by atomic mass is 35.5. The van der Waals surface area contributed by atoms with Crippen molar-refractivity contribution in [2.75, 3.05) is 70.4 Å². The largest absolute Gasteiger partial charge is 0.492 e. The number of unbranched alkanes of at least 4 members (excludes halogenated alkanes) is 3. The van der Waals surface area contributed by atoms with Gasteiger partial charge in [-0.15, -0.1) is 0 Å². The van der Waals surface area contributed by atoms with Gasteiger partial charge in [-0.25, -0.2) is 38.7 Å². The number of fused-ring (bicyclic) bond motifs is 1. The number of anilines is 2. The van der Waals surface area contributed by atoms with Gasteiger partial charge in [0.2, 0.25) is 23.7 Å². The van der Waals surface area contributed by atoms with E-state index in [2.05, 4.69) is 83.8 Å². The van der Waals surface area contributed by atoms with Crippen LogP contribution in [0.4, 0.5) is 40.4 Å². The maximum Gasteiger partial charge on any atom is 0.414 e. The van der Waals surface area contributed by atoms with Gasteiger partial charge in [0.25, 0.3) is 5.91 Å². The Morgan fingerprint density at radius 2 is 0.860 bits per heavy atom. The summed E-state index contributed by atoms with van der Waals surface area (Å²) in [5.74, 6) is -1.84. The Morgan fingerprint density at radius 1 is 0.467 bits per heavy atom. The van der Waals surface area contributed by atoms with Gasteiger partial charge >= 0.3 is 36.6 Å². The lowest BCUT2D eigenvalue weighted by Crippen LogP contribution is -2.49. The quantitative estimate of drug-likeness (QED) is 0.0120. The number of aryl methyl sites for hydroxylation is 1. The molecule has 3 rings (SSSR count). The first kappa shape index (κ1) is 91.5. The number of ether oxygens (including phenoxy) is 7. The Hall–Kier alpha value is -9.73. The van der Waals surface area contributed by atoms with Crippen LogP contribution in [0.3, 0.4) is 0 Å². The van der Waals surface area contributed by atoms with Crippen molar-refractivity contribution in [1.82, 2.24) is 62.7 Å². The number of hydrogen-bond donors (Lipinski definition) is 12. The molecule has 2 aromatic carbocycles. The minimum atomic E-state index is -1.02. The summed E-state index contributed by atoms with van der Waals surface area (Å²) in [4.78, 5) is 140. The molecular weight excluding hydrogens is 1410 g/mol. The third-order valence-electron chi connectivity index (χ3n) is 13.8. The minimum Gasteiger partial charge on any atom is -0.492 e. The normalized spacial score (nSPS) is 12.6. The first-order valence-electron chi connectivity index (χ1n) is 35.8. The third-order valence-corrected chi connectivity index (χ3v) is 14.1. The molecule has 9 amide bonds. The van der Waals surface area contributed by atoms with Crippen LogP contribution in [0.25, 0.3) is 10.8 Å². The summed E-state index contributed by atoms with van der Waals surface area (Å²) in [6, 6.07) is 9.97. The molecular formula is C72H117ClN18O16. The van der Waals surface area contributed by atoms with E-state index in [1.54, 1.807) is 125 Å². The first-order valence-corrected chi connectivity index (χ1v) is 36.2. The van der Waals surface area contributed by atoms with Crippen molar-refractivity contribution >= 4 is 106 Å². The summed E-state index contributed by atoms with van der Waals surface area (Å²) in [6.45, 7) is 33.0. The summed E-state index contributed by atoms with van der Waals surface area (Å²) < 4.78 is 38.8. The number of aromatic nitrogens is 2. The molecule has 0 spiro atoms. The average molecular weight is 1530 g/mol. The number of nitrogens with zero attached hydrogens (tertiary/aromatic N) is 6. The van der Waals surface area contributed by atoms with Gasteiger partial charge < -0.3 is 71.6 Å². The van der Waals surface area contributed by atoms with Crippen LogP contribution in [0.2, 0.25) is 5.15 Å². The maximum atomic E-state index is 14.0. The zero-order chi connectivity index (χ0) is 80.5. The van der Waals surface area contributed by atoms with E-state index in [4.69, 9.17) is 62.0 Å². The predicted molar refractivity (Wildman–Crippen MR) is 410 cm³/mol. The van der Waals surface area contributed by atoms with Crippen molar-refractivity contribution < 1.29 is 76.3 Å². The van der Waals surface area contributed by atoms with E-state index < -0.39 is 100.0 Å². The lowest BCUT2D eigenvalue weighted by molar-refractivity contribution is -0.124. The van der Waals surface area contributed by atoms with Crippen molar-refractivity contribution in [3.05, 3.63) is 52.8 Å². The number of rotatable bonds is 32. The van der Waals surface area contributed by atoms with Crippen LogP contribution in [0.5, 0.6) is 5.75 Å². The molecule has 0 saturated heterocycles. The molecule has 0 aliphatic carbocycles. The van der Waals surface area contributed by atoms with Crippen LogP contribution in [-0.4, -0.2) is 192 Å². The molecule has 15 N–H and O–H groups in total. The second kappa shape index (κ2) is 43.2. The van der Waals surface area contributed by atoms with Crippen LogP contribution in [0.15, 0.2) is 51.4 Å². The highest BCUT2D eigenvalue weighted by molar-refractivity contribution is 6.31. The van der Waals surface area contributed by atoms with E-state index in [-0.39, 0.29) is 86.0 Å². The zero-order valence-corrected chi connectivity index (χ0v) is 66.3. The molecule has 0 unspecified atom stereocenters. The maximum absolute atomic E-state index is 14.0. The van der Waals surface area contributed by atoms with Crippen LogP contribution >= 0.6 is 11.6 Å². The second-order valence-corrected chi connectivity index (χ2v) is 31.3. The van der Waals surface area contributed by atoms with E-state index in [1.807, 2.05) is 30.3 Å². The Kier molecular flexibility index (Phi) is 36.9. The van der Waals surface area contributed by atoms with E-state index in [1.165, 1.54) is 0 Å². The lowest BCUT2D eigenvalue weighted by atomic mass is 10.0. The topological polar surface area (TPSA) is 471 Å². The number of nitrogens with one attached hydrogen (secondary N) is 9. The first-order chi connectivity index (χ1) is 49.6. The molecule has 0 bridgehead atoms. The lowest BCUT2D eigenvalue weighted by Gasteiger charge is -2.25. The molecule has 3 aromatic rings. The zero-order valence-electron chi connectivity index (χ0n) is 65.6. The molecule has 598 valence electrons. The van der Waals surface area contributed by atoms with E-state index in [0.717, 1.165) is 29.2 Å². The molecule has 0 aliphatic rings. The van der Waals surface area contributed by atoms with E-state index >= 15 is 0 Å². The van der Waals surface area contributed by atoms with Crippen LogP contribution in [0.1, 0.15) is 205 Å². The van der Waals surface area contributed by atoms with Crippen LogP contribution in [-0.2, 0) is 44.4 Å². The van der Waals surface area contributed by atoms with Crippen LogP contribution in [0, 0.1) is 0 Å². The highest BCUT2D eigenvalue weighted by Crippen LogP contribution is 2.24. The predicted octanol–water partition coefficient (Wildman–Crippen LogP) is 9.15. The van der Waals surface area contributed by atoms with Gasteiger partial charge in [-0.2, -0.15) is 0 Å². The number of benzene rings is 2. The Bertz CT molecular complexity index is 3350. The van der Waals surface area contributed by atoms with E-state index in [9.17, 15) is 43.2 Å². The number of hydrogen-bond acceptors (Lipinski definition) is 24. The number of carbonyl (C=O) groups excluding carboxylic acids is 9. The number of alkyl carbamates (subject to hydrolysis) is 6. The van der Waals surface area contributed by atoms with Crippen molar-refractivity contribution in [1.29, 1.82) is 0 Å². The summed E-state index contributed by atoms with van der Waals surface area (Å²) >= 11 is 5.91. The fraction of sp³-hybridized carbons (Fsp3) is 0.639. The molecule has 107 heavy (non-hydrogen) atoms. The second-order valence-electron chi connectivity index (χ2n) is 31.0. The summed E-state index contributed by atoms with van der Waals surface area (Å²) in [7, 11) is 0. The average Bonchev–Trinajstić information content (AvgIpc) is 0.837. The SMILES string of the molecule is CC(C)(C)OC(=O)NC(=NCCCC[C@@H](NC(=O)OC(C)(C)C)C(=O)NCCCN(CCCNC(=O)[C@@H](CCCCN=C(NC(=O)OC(C)(C)C)NC(=O)OC(C)(C)C)NC(=O)OC(C)(C)C)CCOc1ccc2cc(CCCCN=C(N)NC(=O)c3nc(Cl)c(N)nc3N)ccc2c1)NC(=O)OC(C)(C)C. The molecule has 0 aliphatic heterocycles. The summed E-state index contributed by atoms with van der Waals surface area (Å²) in [6.07, 6.45) is -0.0705. The number of guanidine groups is 3. The van der Waals surface area contributed by atoms with Gasteiger partial charge in [0.1, 0.15) is 58.0 Å². The molecule has 0 fully saturated rings. The van der Waals surface area contributed by atoms with Crippen molar-refractivity contribution in [3.8, 4) is 5.75 Å².